The zero-order valence-corrected chi connectivity index (χ0v) is 18.2. The fourth-order valence-electron chi connectivity index (χ4n) is 3.41. The summed E-state index contributed by atoms with van der Waals surface area (Å²) >= 11 is 12.2. The van der Waals surface area contributed by atoms with E-state index in [4.69, 9.17) is 23.2 Å². The van der Waals surface area contributed by atoms with E-state index in [2.05, 4.69) is 46.5 Å². The van der Waals surface area contributed by atoms with Crippen LogP contribution in [0.5, 0.6) is 0 Å². The fourth-order valence-corrected chi connectivity index (χ4v) is 3.98. The van der Waals surface area contributed by atoms with Crippen LogP contribution < -0.4 is 10.6 Å². The van der Waals surface area contributed by atoms with Gasteiger partial charge in [-0.3, -0.25) is 19.6 Å². The van der Waals surface area contributed by atoms with Crippen LogP contribution in [0.4, 0.5) is 5.69 Å². The van der Waals surface area contributed by atoms with Crippen molar-refractivity contribution >= 4 is 40.7 Å². The van der Waals surface area contributed by atoms with Crippen molar-refractivity contribution < 1.29 is 9.59 Å². The summed E-state index contributed by atoms with van der Waals surface area (Å²) in [7, 11) is 0. The maximum atomic E-state index is 12.7. The Kier molecular flexibility index (Phi) is 6.51. The molecule has 1 saturated heterocycles. The Labute approximate surface area is 180 Å². The van der Waals surface area contributed by atoms with Gasteiger partial charge < -0.3 is 10.6 Å². The van der Waals surface area contributed by atoms with Crippen LogP contribution in [0.15, 0.2) is 24.4 Å². The van der Waals surface area contributed by atoms with Crippen LogP contribution in [0, 0.1) is 0 Å². The van der Waals surface area contributed by atoms with Crippen molar-refractivity contribution in [1.29, 1.82) is 0 Å². The molecule has 0 bridgehead atoms. The lowest BCUT2D eigenvalue weighted by molar-refractivity contribution is 0.0809. The van der Waals surface area contributed by atoms with Crippen molar-refractivity contribution in [2.24, 2.45) is 0 Å². The minimum atomic E-state index is -0.505. The highest BCUT2D eigenvalue weighted by Gasteiger charge is 2.29. The SMILES string of the molecule is CC(C)(C)N1CCC(NC(=O)c2n[nH]cc2NC(=O)c2c(Cl)cccc2Cl)CC1. The van der Waals surface area contributed by atoms with E-state index in [0.29, 0.717) is 0 Å². The second-order valence-corrected chi connectivity index (χ2v) is 8.92. The van der Waals surface area contributed by atoms with E-state index in [9.17, 15) is 9.59 Å². The van der Waals surface area contributed by atoms with Crippen molar-refractivity contribution in [3.8, 4) is 0 Å². The maximum absolute atomic E-state index is 12.7. The third kappa shape index (κ3) is 5.10. The Balaban J connectivity index is 1.64. The fraction of sp³-hybridized carbons (Fsp3) is 0.450. The number of halogens is 2. The standard InChI is InChI=1S/C20H25Cl2N5O2/c1-20(2,3)27-9-7-12(8-10-27)24-19(29)17-15(11-23-26-17)25-18(28)16-13(21)5-4-6-14(16)22/h4-6,11-12H,7-10H2,1-3H3,(H,23,26)(H,24,29)(H,25,28). The number of likely N-dealkylation sites (tertiary alicyclic amines) is 1. The number of piperidine rings is 1. The third-order valence-electron chi connectivity index (χ3n) is 5.07. The first-order chi connectivity index (χ1) is 13.7. The van der Waals surface area contributed by atoms with Crippen LogP contribution in [-0.2, 0) is 0 Å². The number of anilines is 1. The number of aromatic nitrogens is 2. The van der Waals surface area contributed by atoms with E-state index in [0.717, 1.165) is 25.9 Å². The number of amides is 2. The molecule has 0 saturated carbocycles. The summed E-state index contributed by atoms with van der Waals surface area (Å²) in [6, 6.07) is 4.88. The number of rotatable bonds is 4. The van der Waals surface area contributed by atoms with Crippen molar-refractivity contribution in [2.75, 3.05) is 18.4 Å². The number of benzene rings is 1. The van der Waals surface area contributed by atoms with Crippen LogP contribution in [0.1, 0.15) is 54.5 Å². The maximum Gasteiger partial charge on any atom is 0.274 e. The summed E-state index contributed by atoms with van der Waals surface area (Å²) in [5.41, 5.74) is 0.669. The van der Waals surface area contributed by atoms with Gasteiger partial charge in [0, 0.05) is 30.9 Å². The second-order valence-electron chi connectivity index (χ2n) is 8.10. The molecule has 156 valence electrons. The lowest BCUT2D eigenvalue weighted by Gasteiger charge is -2.40. The van der Waals surface area contributed by atoms with E-state index in [1.54, 1.807) is 18.2 Å². The number of hydrogen-bond donors (Lipinski definition) is 3. The molecule has 9 heteroatoms. The second kappa shape index (κ2) is 8.73. The van der Waals surface area contributed by atoms with Crippen molar-refractivity contribution in [1.82, 2.24) is 20.4 Å². The highest BCUT2D eigenvalue weighted by molar-refractivity contribution is 6.40. The minimum absolute atomic E-state index is 0.0689. The van der Waals surface area contributed by atoms with E-state index in [1.807, 2.05) is 0 Å². The lowest BCUT2D eigenvalue weighted by atomic mass is 9.98. The number of carbonyl (C=O) groups excluding carboxylic acids is 2. The van der Waals surface area contributed by atoms with E-state index in [-0.39, 0.29) is 44.5 Å². The number of H-pyrrole nitrogens is 1. The van der Waals surface area contributed by atoms with Gasteiger partial charge in [-0.15, -0.1) is 0 Å². The normalized spacial score (nSPS) is 15.9. The van der Waals surface area contributed by atoms with Crippen LogP contribution in [-0.4, -0.2) is 51.6 Å². The van der Waals surface area contributed by atoms with Crippen LogP contribution in [0.2, 0.25) is 10.0 Å². The molecule has 1 aliphatic rings. The summed E-state index contributed by atoms with van der Waals surface area (Å²) < 4.78 is 0. The Morgan fingerprint density at radius 3 is 2.34 bits per heavy atom. The molecule has 1 aromatic carbocycles. The summed E-state index contributed by atoms with van der Waals surface area (Å²) in [5, 5.41) is 12.8. The van der Waals surface area contributed by atoms with Crippen molar-refractivity contribution in [3.63, 3.8) is 0 Å². The van der Waals surface area contributed by atoms with Gasteiger partial charge in [0.15, 0.2) is 5.69 Å². The van der Waals surface area contributed by atoms with Crippen LogP contribution in [0.3, 0.4) is 0 Å². The van der Waals surface area contributed by atoms with Gasteiger partial charge >= 0.3 is 0 Å². The molecule has 0 atom stereocenters. The first-order valence-electron chi connectivity index (χ1n) is 9.52. The highest BCUT2D eigenvalue weighted by Crippen LogP contribution is 2.26. The molecular weight excluding hydrogens is 413 g/mol. The topological polar surface area (TPSA) is 90.1 Å². The monoisotopic (exact) mass is 437 g/mol. The molecular formula is C20H25Cl2N5O2. The largest absolute Gasteiger partial charge is 0.348 e. The van der Waals surface area contributed by atoms with E-state index >= 15 is 0 Å². The van der Waals surface area contributed by atoms with Crippen molar-refractivity contribution in [2.45, 2.75) is 45.2 Å². The summed E-state index contributed by atoms with van der Waals surface area (Å²) in [5.74, 6) is -0.837. The number of hydrogen-bond acceptors (Lipinski definition) is 4. The molecule has 7 nitrogen and oxygen atoms in total. The van der Waals surface area contributed by atoms with Gasteiger partial charge in [-0.25, -0.2) is 0 Å². The lowest BCUT2D eigenvalue weighted by Crippen LogP contribution is -2.50. The molecule has 0 spiro atoms. The average Bonchev–Trinajstić information content (AvgIpc) is 3.09. The zero-order chi connectivity index (χ0) is 21.2. The molecule has 1 aliphatic heterocycles. The molecule has 1 aromatic heterocycles. The Hall–Kier alpha value is -2.09. The molecule has 0 radical (unpaired) electrons. The number of nitrogens with one attached hydrogen (secondary N) is 3. The first kappa shape index (κ1) is 21.6. The first-order valence-corrected chi connectivity index (χ1v) is 10.3. The smallest absolute Gasteiger partial charge is 0.274 e. The van der Waals surface area contributed by atoms with Crippen molar-refractivity contribution in [3.05, 3.63) is 45.7 Å². The average molecular weight is 438 g/mol. The third-order valence-corrected chi connectivity index (χ3v) is 5.70. The molecule has 2 heterocycles. The molecule has 2 aromatic rings. The van der Waals surface area contributed by atoms with Gasteiger partial charge in [0.1, 0.15) is 0 Å². The predicted molar refractivity (Wildman–Crippen MR) is 115 cm³/mol. The zero-order valence-electron chi connectivity index (χ0n) is 16.7. The summed E-state index contributed by atoms with van der Waals surface area (Å²) in [6.07, 6.45) is 3.19. The van der Waals surface area contributed by atoms with Gasteiger partial charge in [-0.1, -0.05) is 29.3 Å². The van der Waals surface area contributed by atoms with Gasteiger partial charge in [-0.2, -0.15) is 5.10 Å². The van der Waals surface area contributed by atoms with Crippen LogP contribution >= 0.6 is 23.2 Å². The number of carbonyl (C=O) groups is 2. The molecule has 29 heavy (non-hydrogen) atoms. The number of aromatic amines is 1. The molecule has 0 aliphatic carbocycles. The van der Waals surface area contributed by atoms with Gasteiger partial charge in [0.25, 0.3) is 11.8 Å². The molecule has 3 N–H and O–H groups in total. The van der Waals surface area contributed by atoms with Gasteiger partial charge in [0.2, 0.25) is 0 Å². The van der Waals surface area contributed by atoms with Crippen LogP contribution in [0.25, 0.3) is 0 Å². The predicted octanol–water partition coefficient (Wildman–Crippen LogP) is 3.96. The summed E-state index contributed by atoms with van der Waals surface area (Å²) in [4.78, 5) is 27.7. The molecule has 0 unspecified atom stereocenters. The van der Waals surface area contributed by atoms with E-state index < -0.39 is 5.91 Å². The highest BCUT2D eigenvalue weighted by atomic mass is 35.5. The summed E-state index contributed by atoms with van der Waals surface area (Å²) in [6.45, 7) is 8.41. The minimum Gasteiger partial charge on any atom is -0.348 e. The van der Waals surface area contributed by atoms with E-state index in [1.165, 1.54) is 6.20 Å². The van der Waals surface area contributed by atoms with Gasteiger partial charge in [0.05, 0.1) is 21.3 Å². The molecule has 3 rings (SSSR count). The molecule has 2 amide bonds. The Morgan fingerprint density at radius 2 is 1.76 bits per heavy atom. The molecule has 1 fully saturated rings. The quantitative estimate of drug-likeness (QED) is 0.674. The number of nitrogens with zero attached hydrogens (tertiary/aromatic N) is 2. The Bertz CT molecular complexity index is 878. The Morgan fingerprint density at radius 1 is 1.14 bits per heavy atom. The van der Waals surface area contributed by atoms with Gasteiger partial charge in [-0.05, 0) is 45.7 Å².